The van der Waals surface area contributed by atoms with E-state index < -0.39 is 0 Å². The zero-order valence-electron chi connectivity index (χ0n) is 12.0. The maximum atomic E-state index is 5.93. The molecule has 1 fully saturated rings. The van der Waals surface area contributed by atoms with Gasteiger partial charge in [0.05, 0.1) is 18.2 Å². The van der Waals surface area contributed by atoms with Crippen molar-refractivity contribution in [3.63, 3.8) is 0 Å². The summed E-state index contributed by atoms with van der Waals surface area (Å²) in [5, 5.41) is 0. The molecule has 2 heterocycles. The maximum absolute atomic E-state index is 5.93. The van der Waals surface area contributed by atoms with Crippen LogP contribution in [-0.2, 0) is 15.9 Å². The molecule has 19 heavy (non-hydrogen) atoms. The summed E-state index contributed by atoms with van der Waals surface area (Å²) < 4.78 is 16.8. The Balaban J connectivity index is 2.10. The summed E-state index contributed by atoms with van der Waals surface area (Å²) >= 11 is 0. The fraction of sp³-hybridized carbons (Fsp3) is 0.714. The molecule has 1 aliphatic heterocycles. The van der Waals surface area contributed by atoms with Crippen LogP contribution in [-0.4, -0.2) is 51.0 Å². The maximum Gasteiger partial charge on any atom is 0.122 e. The summed E-state index contributed by atoms with van der Waals surface area (Å²) in [7, 11) is 3.44. The lowest BCUT2D eigenvalue weighted by Gasteiger charge is -2.24. The molecule has 0 spiro atoms. The van der Waals surface area contributed by atoms with E-state index in [0.717, 1.165) is 31.0 Å². The van der Waals surface area contributed by atoms with Gasteiger partial charge in [-0.15, -0.1) is 0 Å². The van der Waals surface area contributed by atoms with E-state index in [-0.39, 0.29) is 18.2 Å². The first-order valence-corrected chi connectivity index (χ1v) is 6.81. The second kappa shape index (κ2) is 6.52. The molecule has 1 aromatic heterocycles. The van der Waals surface area contributed by atoms with Crippen molar-refractivity contribution >= 4 is 0 Å². The molecule has 0 saturated carbocycles. The van der Waals surface area contributed by atoms with Crippen molar-refractivity contribution in [2.75, 3.05) is 33.9 Å². The van der Waals surface area contributed by atoms with Gasteiger partial charge in [-0.05, 0) is 12.1 Å². The number of hydrogen-bond acceptors (Lipinski definition) is 5. The molecule has 0 radical (unpaired) electrons. The number of furan rings is 1. The normalized spacial score (nSPS) is 25.9. The van der Waals surface area contributed by atoms with E-state index in [2.05, 4.69) is 11.8 Å². The van der Waals surface area contributed by atoms with Gasteiger partial charge in [0, 0.05) is 40.3 Å². The molecular formula is C14H24N2O3. The van der Waals surface area contributed by atoms with Gasteiger partial charge in [-0.25, -0.2) is 0 Å². The van der Waals surface area contributed by atoms with E-state index in [1.807, 2.05) is 12.1 Å². The van der Waals surface area contributed by atoms with Crippen molar-refractivity contribution in [3.05, 3.63) is 23.7 Å². The van der Waals surface area contributed by atoms with Crippen molar-refractivity contribution in [2.24, 2.45) is 5.73 Å². The molecule has 0 aliphatic carbocycles. The number of methoxy groups -OCH3 is 2. The molecule has 0 aromatic carbocycles. The fourth-order valence-corrected chi connectivity index (χ4v) is 2.69. The highest BCUT2D eigenvalue weighted by atomic mass is 16.5. The summed E-state index contributed by atoms with van der Waals surface area (Å²) in [4.78, 5) is 2.28. The Kier molecular flexibility index (Phi) is 4.99. The molecule has 2 rings (SSSR count). The van der Waals surface area contributed by atoms with Gasteiger partial charge in [-0.1, -0.05) is 6.92 Å². The first-order valence-electron chi connectivity index (χ1n) is 6.81. The van der Waals surface area contributed by atoms with Crippen LogP contribution in [0.1, 0.15) is 24.5 Å². The molecule has 1 aliphatic rings. The average molecular weight is 268 g/mol. The highest BCUT2D eigenvalue weighted by molar-refractivity contribution is 5.12. The largest absolute Gasteiger partial charge is 0.464 e. The molecular weight excluding hydrogens is 244 g/mol. The highest BCUT2D eigenvalue weighted by Crippen LogP contribution is 2.28. The second-order valence-corrected chi connectivity index (χ2v) is 4.91. The van der Waals surface area contributed by atoms with Crippen LogP contribution in [0.4, 0.5) is 0 Å². The standard InChI is InChI=1S/C14H24N2O3/c1-4-10-5-6-12(19-10)11(7-15)16-8-13(17-2)14(9-16)18-3/h5-6,11,13-14H,4,7-9,15H2,1-3H3. The second-order valence-electron chi connectivity index (χ2n) is 4.91. The molecule has 3 unspecified atom stereocenters. The Labute approximate surface area is 114 Å². The minimum Gasteiger partial charge on any atom is -0.464 e. The van der Waals surface area contributed by atoms with Crippen LogP contribution < -0.4 is 5.73 Å². The van der Waals surface area contributed by atoms with Crippen molar-refractivity contribution in [1.29, 1.82) is 0 Å². The third kappa shape index (κ3) is 3.00. The zero-order chi connectivity index (χ0) is 13.8. The van der Waals surface area contributed by atoms with E-state index >= 15 is 0 Å². The Morgan fingerprint density at radius 3 is 2.37 bits per heavy atom. The Morgan fingerprint density at radius 1 is 1.32 bits per heavy atom. The van der Waals surface area contributed by atoms with Crippen LogP contribution in [0.15, 0.2) is 16.5 Å². The number of nitrogens with two attached hydrogens (primary N) is 1. The monoisotopic (exact) mass is 268 g/mol. The van der Waals surface area contributed by atoms with Gasteiger partial charge in [0.25, 0.3) is 0 Å². The summed E-state index contributed by atoms with van der Waals surface area (Å²) in [6, 6.07) is 4.15. The molecule has 1 saturated heterocycles. The Hall–Kier alpha value is -0.880. The summed E-state index contributed by atoms with van der Waals surface area (Å²) in [5.74, 6) is 1.94. The van der Waals surface area contributed by atoms with E-state index in [4.69, 9.17) is 19.6 Å². The first-order chi connectivity index (χ1) is 9.23. The molecule has 0 amide bonds. The van der Waals surface area contributed by atoms with Gasteiger partial charge in [0.1, 0.15) is 11.5 Å². The van der Waals surface area contributed by atoms with Gasteiger partial charge < -0.3 is 19.6 Å². The molecule has 0 bridgehead atoms. The molecule has 3 atom stereocenters. The number of aryl methyl sites for hydroxylation is 1. The van der Waals surface area contributed by atoms with E-state index in [0.29, 0.717) is 6.54 Å². The lowest BCUT2D eigenvalue weighted by atomic mass is 10.2. The van der Waals surface area contributed by atoms with Crippen LogP contribution in [0.2, 0.25) is 0 Å². The molecule has 108 valence electrons. The van der Waals surface area contributed by atoms with Crippen LogP contribution in [0, 0.1) is 0 Å². The molecule has 5 nitrogen and oxygen atoms in total. The van der Waals surface area contributed by atoms with Crippen LogP contribution in [0.5, 0.6) is 0 Å². The zero-order valence-corrected chi connectivity index (χ0v) is 12.0. The van der Waals surface area contributed by atoms with Gasteiger partial charge in [-0.2, -0.15) is 0 Å². The van der Waals surface area contributed by atoms with Crippen LogP contribution in [0.3, 0.4) is 0 Å². The number of rotatable bonds is 6. The predicted molar refractivity (Wildman–Crippen MR) is 73.0 cm³/mol. The van der Waals surface area contributed by atoms with Crippen molar-refractivity contribution in [2.45, 2.75) is 31.6 Å². The van der Waals surface area contributed by atoms with Gasteiger partial charge in [0.2, 0.25) is 0 Å². The van der Waals surface area contributed by atoms with Gasteiger partial charge in [-0.3, -0.25) is 4.90 Å². The molecule has 5 heteroatoms. The van der Waals surface area contributed by atoms with Crippen LogP contribution in [0.25, 0.3) is 0 Å². The number of hydrogen-bond donors (Lipinski definition) is 1. The fourth-order valence-electron chi connectivity index (χ4n) is 2.69. The number of nitrogens with zero attached hydrogens (tertiary/aromatic N) is 1. The SMILES string of the molecule is CCc1ccc(C(CN)N2CC(OC)C(OC)C2)o1. The predicted octanol–water partition coefficient (Wildman–Crippen LogP) is 1.19. The highest BCUT2D eigenvalue weighted by Gasteiger charge is 2.37. The number of likely N-dealkylation sites (tertiary alicyclic amines) is 1. The van der Waals surface area contributed by atoms with E-state index in [1.54, 1.807) is 14.2 Å². The summed E-state index contributed by atoms with van der Waals surface area (Å²) in [5.41, 5.74) is 5.93. The van der Waals surface area contributed by atoms with Crippen molar-refractivity contribution < 1.29 is 13.9 Å². The summed E-state index contributed by atoms with van der Waals surface area (Å²) in [6.07, 6.45) is 1.10. The van der Waals surface area contributed by atoms with Crippen LogP contribution >= 0.6 is 0 Å². The average Bonchev–Trinajstić information content (AvgIpc) is 3.06. The smallest absolute Gasteiger partial charge is 0.122 e. The van der Waals surface area contributed by atoms with Crippen molar-refractivity contribution in [1.82, 2.24) is 4.90 Å². The summed E-state index contributed by atoms with van der Waals surface area (Å²) in [6.45, 7) is 4.25. The first kappa shape index (κ1) is 14.5. The minimum absolute atomic E-state index is 0.0955. The lowest BCUT2D eigenvalue weighted by Crippen LogP contribution is -2.32. The van der Waals surface area contributed by atoms with Gasteiger partial charge >= 0.3 is 0 Å². The minimum atomic E-state index is 0.0955. The number of ether oxygens (including phenoxy) is 2. The molecule has 2 N–H and O–H groups in total. The Morgan fingerprint density at radius 2 is 1.95 bits per heavy atom. The van der Waals surface area contributed by atoms with E-state index in [9.17, 15) is 0 Å². The van der Waals surface area contributed by atoms with Gasteiger partial charge in [0.15, 0.2) is 0 Å². The third-order valence-electron chi connectivity index (χ3n) is 3.87. The molecule has 1 aromatic rings. The van der Waals surface area contributed by atoms with E-state index in [1.165, 1.54) is 0 Å². The topological polar surface area (TPSA) is 60.9 Å². The van der Waals surface area contributed by atoms with Crippen molar-refractivity contribution in [3.8, 4) is 0 Å². The third-order valence-corrected chi connectivity index (χ3v) is 3.87. The quantitative estimate of drug-likeness (QED) is 0.839. The Bertz CT molecular complexity index is 382. The lowest BCUT2D eigenvalue weighted by molar-refractivity contribution is -0.00461.